The Balaban J connectivity index is 1.58. The molecular weight excluding hydrogens is 312 g/mol. The summed E-state index contributed by atoms with van der Waals surface area (Å²) in [6.45, 7) is 1.59. The standard InChI is InChI=1S/C17H16N2O3S/c20-16-13(8-11-4-1-2-6-15(11)22-16)14-10-23-17(19-14)18-9-12-5-3-7-21-12/h1-2,4,6,8,10,12H,3,5,7,9H2,(H,18,19)/t12-/m1/s1. The van der Waals surface area contributed by atoms with E-state index in [1.165, 1.54) is 11.3 Å². The smallest absolute Gasteiger partial charge is 0.345 e. The molecule has 0 aliphatic carbocycles. The SMILES string of the molecule is O=c1oc2ccccc2cc1-c1csc(NC[C@H]2CCCO2)n1. The normalized spacial score (nSPS) is 17.7. The number of hydrogen-bond acceptors (Lipinski definition) is 6. The molecule has 1 aromatic carbocycles. The Morgan fingerprint density at radius 2 is 2.26 bits per heavy atom. The average Bonchev–Trinajstić information content (AvgIpc) is 3.24. The summed E-state index contributed by atoms with van der Waals surface area (Å²) in [6, 6.07) is 9.31. The highest BCUT2D eigenvalue weighted by molar-refractivity contribution is 7.14. The number of aromatic nitrogens is 1. The maximum atomic E-state index is 12.2. The summed E-state index contributed by atoms with van der Waals surface area (Å²) in [7, 11) is 0. The van der Waals surface area contributed by atoms with Crippen LogP contribution < -0.4 is 10.9 Å². The molecule has 0 unspecified atom stereocenters. The van der Waals surface area contributed by atoms with Gasteiger partial charge in [0.2, 0.25) is 0 Å². The van der Waals surface area contributed by atoms with Crippen molar-refractivity contribution in [3.05, 3.63) is 46.1 Å². The lowest BCUT2D eigenvalue weighted by Crippen LogP contribution is -2.18. The van der Waals surface area contributed by atoms with Crippen LogP contribution in [0.1, 0.15) is 12.8 Å². The summed E-state index contributed by atoms with van der Waals surface area (Å²) in [5, 5.41) is 6.84. The van der Waals surface area contributed by atoms with Crippen molar-refractivity contribution in [2.45, 2.75) is 18.9 Å². The molecule has 1 aliphatic rings. The fourth-order valence-corrected chi connectivity index (χ4v) is 3.45. The van der Waals surface area contributed by atoms with Crippen LogP contribution in [-0.2, 0) is 4.74 Å². The van der Waals surface area contributed by atoms with E-state index in [9.17, 15) is 4.79 Å². The van der Waals surface area contributed by atoms with Crippen molar-refractivity contribution in [1.29, 1.82) is 0 Å². The number of ether oxygens (including phenoxy) is 1. The number of anilines is 1. The maximum Gasteiger partial charge on any atom is 0.345 e. The van der Waals surface area contributed by atoms with Crippen LogP contribution in [0.15, 0.2) is 44.9 Å². The summed E-state index contributed by atoms with van der Waals surface area (Å²) in [5.74, 6) is 0. The molecule has 0 amide bonds. The highest BCUT2D eigenvalue weighted by Crippen LogP contribution is 2.25. The minimum absolute atomic E-state index is 0.257. The van der Waals surface area contributed by atoms with Crippen LogP contribution in [0.25, 0.3) is 22.2 Å². The molecule has 4 rings (SSSR count). The number of para-hydroxylation sites is 1. The molecule has 1 atom stereocenters. The van der Waals surface area contributed by atoms with E-state index >= 15 is 0 Å². The van der Waals surface area contributed by atoms with Crippen LogP contribution in [0, 0.1) is 0 Å². The third-order valence-electron chi connectivity index (χ3n) is 3.93. The Bertz CT molecular complexity index is 881. The largest absolute Gasteiger partial charge is 0.422 e. The lowest BCUT2D eigenvalue weighted by molar-refractivity contribution is 0.120. The highest BCUT2D eigenvalue weighted by atomic mass is 32.1. The van der Waals surface area contributed by atoms with Crippen molar-refractivity contribution in [3.63, 3.8) is 0 Å². The highest BCUT2D eigenvalue weighted by Gasteiger charge is 2.16. The number of benzene rings is 1. The number of fused-ring (bicyclic) bond motifs is 1. The molecular formula is C17H16N2O3S. The van der Waals surface area contributed by atoms with Crippen LogP contribution in [0.2, 0.25) is 0 Å². The van der Waals surface area contributed by atoms with Gasteiger partial charge in [-0.05, 0) is 25.0 Å². The lowest BCUT2D eigenvalue weighted by atomic mass is 10.1. The van der Waals surface area contributed by atoms with Crippen LogP contribution in [0.5, 0.6) is 0 Å². The molecule has 1 N–H and O–H groups in total. The molecule has 1 saturated heterocycles. The zero-order valence-corrected chi connectivity index (χ0v) is 13.3. The van der Waals surface area contributed by atoms with E-state index in [1.807, 2.05) is 29.6 Å². The molecule has 3 heterocycles. The van der Waals surface area contributed by atoms with Gasteiger partial charge in [0.25, 0.3) is 0 Å². The average molecular weight is 328 g/mol. The second kappa shape index (κ2) is 6.14. The van der Waals surface area contributed by atoms with Crippen LogP contribution in [-0.4, -0.2) is 24.2 Å². The van der Waals surface area contributed by atoms with Crippen LogP contribution in [0.3, 0.4) is 0 Å². The van der Waals surface area contributed by atoms with Gasteiger partial charge in [-0.2, -0.15) is 0 Å². The van der Waals surface area contributed by atoms with E-state index in [1.54, 1.807) is 6.07 Å². The molecule has 0 radical (unpaired) electrons. The fraction of sp³-hybridized carbons (Fsp3) is 0.294. The van der Waals surface area contributed by atoms with Gasteiger partial charge in [0.15, 0.2) is 5.13 Å². The molecule has 118 valence electrons. The number of hydrogen-bond donors (Lipinski definition) is 1. The van der Waals surface area contributed by atoms with Crippen molar-refractivity contribution in [2.75, 3.05) is 18.5 Å². The van der Waals surface area contributed by atoms with E-state index in [0.29, 0.717) is 16.8 Å². The molecule has 2 aromatic heterocycles. The van der Waals surface area contributed by atoms with E-state index in [-0.39, 0.29) is 11.7 Å². The van der Waals surface area contributed by atoms with Crippen LogP contribution >= 0.6 is 11.3 Å². The number of rotatable bonds is 4. The van der Waals surface area contributed by atoms with Gasteiger partial charge in [-0.1, -0.05) is 18.2 Å². The lowest BCUT2D eigenvalue weighted by Gasteiger charge is -2.09. The second-order valence-corrected chi connectivity index (χ2v) is 6.40. The van der Waals surface area contributed by atoms with Crippen molar-refractivity contribution in [2.24, 2.45) is 0 Å². The topological polar surface area (TPSA) is 64.4 Å². The fourth-order valence-electron chi connectivity index (χ4n) is 2.73. The third-order valence-corrected chi connectivity index (χ3v) is 4.73. The molecule has 0 bridgehead atoms. The van der Waals surface area contributed by atoms with E-state index in [2.05, 4.69) is 10.3 Å². The maximum absolute atomic E-state index is 12.2. The third kappa shape index (κ3) is 3.00. The predicted molar refractivity (Wildman–Crippen MR) is 91.1 cm³/mol. The molecule has 23 heavy (non-hydrogen) atoms. The van der Waals surface area contributed by atoms with Gasteiger partial charge < -0.3 is 14.5 Å². The minimum atomic E-state index is -0.361. The quantitative estimate of drug-likeness (QED) is 0.743. The first kappa shape index (κ1) is 14.4. The van der Waals surface area contributed by atoms with Gasteiger partial charge >= 0.3 is 5.63 Å². The number of nitrogens with zero attached hydrogens (tertiary/aromatic N) is 1. The van der Waals surface area contributed by atoms with Gasteiger partial charge in [0.1, 0.15) is 5.58 Å². The van der Waals surface area contributed by atoms with Gasteiger partial charge in [0, 0.05) is 23.9 Å². The summed E-state index contributed by atoms with van der Waals surface area (Å²) >= 11 is 1.48. The molecule has 5 nitrogen and oxygen atoms in total. The van der Waals surface area contributed by atoms with Gasteiger partial charge in [0.05, 0.1) is 17.4 Å². The molecule has 6 heteroatoms. The molecule has 1 fully saturated rings. The zero-order chi connectivity index (χ0) is 15.6. The Morgan fingerprint density at radius 3 is 3.13 bits per heavy atom. The Kier molecular flexibility index (Phi) is 3.85. The van der Waals surface area contributed by atoms with E-state index in [0.717, 1.165) is 36.5 Å². The van der Waals surface area contributed by atoms with E-state index < -0.39 is 0 Å². The first-order chi connectivity index (χ1) is 11.3. The van der Waals surface area contributed by atoms with E-state index in [4.69, 9.17) is 9.15 Å². The Morgan fingerprint density at radius 1 is 1.35 bits per heavy atom. The number of thiazole rings is 1. The minimum Gasteiger partial charge on any atom is -0.422 e. The Hall–Kier alpha value is -2.18. The summed E-state index contributed by atoms with van der Waals surface area (Å²) < 4.78 is 10.9. The van der Waals surface area contributed by atoms with Crippen LogP contribution in [0.4, 0.5) is 5.13 Å². The second-order valence-electron chi connectivity index (χ2n) is 5.54. The first-order valence-corrected chi connectivity index (χ1v) is 8.52. The van der Waals surface area contributed by atoms with Gasteiger partial charge in [-0.25, -0.2) is 9.78 Å². The molecule has 0 saturated carbocycles. The summed E-state index contributed by atoms with van der Waals surface area (Å²) in [6.07, 6.45) is 2.46. The summed E-state index contributed by atoms with van der Waals surface area (Å²) in [4.78, 5) is 16.7. The first-order valence-electron chi connectivity index (χ1n) is 7.64. The molecule has 1 aliphatic heterocycles. The summed E-state index contributed by atoms with van der Waals surface area (Å²) in [5.41, 5.74) is 1.36. The van der Waals surface area contributed by atoms with Crippen molar-refractivity contribution >= 4 is 27.4 Å². The predicted octanol–water partition coefficient (Wildman–Crippen LogP) is 3.51. The molecule has 0 spiro atoms. The van der Waals surface area contributed by atoms with Gasteiger partial charge in [-0.3, -0.25) is 0 Å². The van der Waals surface area contributed by atoms with Gasteiger partial charge in [-0.15, -0.1) is 11.3 Å². The Labute approximate surface area is 136 Å². The monoisotopic (exact) mass is 328 g/mol. The van der Waals surface area contributed by atoms with Crippen molar-refractivity contribution < 1.29 is 9.15 Å². The van der Waals surface area contributed by atoms with Crippen molar-refractivity contribution in [1.82, 2.24) is 4.98 Å². The molecule has 3 aromatic rings. The zero-order valence-electron chi connectivity index (χ0n) is 12.5. The number of nitrogens with one attached hydrogen (secondary N) is 1. The van der Waals surface area contributed by atoms with Crippen molar-refractivity contribution in [3.8, 4) is 11.3 Å².